The maximum atomic E-state index is 6.06. The highest BCUT2D eigenvalue weighted by molar-refractivity contribution is 6.43. The molecule has 4 nitrogen and oxygen atoms in total. The van der Waals surface area contributed by atoms with Crippen molar-refractivity contribution in [2.24, 2.45) is 5.73 Å². The van der Waals surface area contributed by atoms with E-state index in [0.717, 1.165) is 6.42 Å². The Labute approximate surface area is 109 Å². The molecule has 1 aromatic carbocycles. The Kier molecular flexibility index (Phi) is 3.99. The van der Waals surface area contributed by atoms with E-state index < -0.39 is 0 Å². The molecule has 17 heavy (non-hydrogen) atoms. The number of benzene rings is 1. The topological polar surface area (TPSA) is 64.9 Å². The first-order valence-electron chi connectivity index (χ1n) is 5.19. The fraction of sp³-hybridized carbons (Fsp3) is 0.273. The Morgan fingerprint density at radius 2 is 2.12 bits per heavy atom. The predicted octanol–water partition coefficient (Wildman–Crippen LogP) is 2.93. The van der Waals surface area contributed by atoms with Crippen molar-refractivity contribution in [2.45, 2.75) is 12.8 Å². The van der Waals surface area contributed by atoms with Crippen LogP contribution in [0.15, 0.2) is 22.7 Å². The van der Waals surface area contributed by atoms with Crippen molar-refractivity contribution in [1.82, 2.24) is 10.1 Å². The molecular formula is C11H11Cl2N3O. The summed E-state index contributed by atoms with van der Waals surface area (Å²) in [7, 11) is 0. The number of rotatable bonds is 4. The third-order valence-electron chi connectivity index (χ3n) is 2.25. The number of aryl methyl sites for hydroxylation is 1. The summed E-state index contributed by atoms with van der Waals surface area (Å²) in [4.78, 5) is 4.24. The van der Waals surface area contributed by atoms with Gasteiger partial charge in [-0.1, -0.05) is 34.4 Å². The van der Waals surface area contributed by atoms with Gasteiger partial charge in [0.15, 0.2) is 5.82 Å². The molecule has 1 aromatic heterocycles. The molecule has 0 spiro atoms. The van der Waals surface area contributed by atoms with Crippen LogP contribution in [0.25, 0.3) is 11.5 Å². The van der Waals surface area contributed by atoms with Crippen molar-refractivity contribution >= 4 is 23.2 Å². The van der Waals surface area contributed by atoms with E-state index in [1.54, 1.807) is 18.2 Å². The van der Waals surface area contributed by atoms with E-state index in [9.17, 15) is 0 Å². The van der Waals surface area contributed by atoms with Gasteiger partial charge in [-0.25, -0.2) is 0 Å². The van der Waals surface area contributed by atoms with E-state index >= 15 is 0 Å². The van der Waals surface area contributed by atoms with E-state index in [1.165, 1.54) is 0 Å². The van der Waals surface area contributed by atoms with Crippen LogP contribution in [0.4, 0.5) is 0 Å². The molecule has 0 saturated heterocycles. The predicted molar refractivity (Wildman–Crippen MR) is 67.1 cm³/mol. The van der Waals surface area contributed by atoms with Crippen molar-refractivity contribution < 1.29 is 4.52 Å². The lowest BCUT2D eigenvalue weighted by Crippen LogP contribution is -2.01. The molecule has 2 N–H and O–H groups in total. The maximum absolute atomic E-state index is 6.06. The third kappa shape index (κ3) is 2.77. The number of hydrogen-bond donors (Lipinski definition) is 1. The fourth-order valence-electron chi connectivity index (χ4n) is 1.39. The number of aromatic nitrogens is 2. The van der Waals surface area contributed by atoms with Gasteiger partial charge >= 0.3 is 0 Å². The van der Waals surface area contributed by atoms with E-state index in [0.29, 0.717) is 40.3 Å². The smallest absolute Gasteiger partial charge is 0.259 e. The number of nitrogens with zero attached hydrogens (tertiary/aromatic N) is 2. The monoisotopic (exact) mass is 271 g/mol. The van der Waals surface area contributed by atoms with Gasteiger partial charge in [-0.2, -0.15) is 4.98 Å². The molecule has 0 bridgehead atoms. The largest absolute Gasteiger partial charge is 0.334 e. The standard InChI is InChI=1S/C11H11Cl2N3O/c12-8-4-1-3-7(10(8)13)11-15-9(16-17-11)5-2-6-14/h1,3-4H,2,5-6,14H2. The zero-order valence-electron chi connectivity index (χ0n) is 8.99. The van der Waals surface area contributed by atoms with Crippen molar-refractivity contribution in [3.8, 4) is 11.5 Å². The maximum Gasteiger partial charge on any atom is 0.259 e. The van der Waals surface area contributed by atoms with Crippen LogP contribution >= 0.6 is 23.2 Å². The normalized spacial score (nSPS) is 10.8. The highest BCUT2D eigenvalue weighted by Gasteiger charge is 2.13. The second kappa shape index (κ2) is 5.49. The minimum absolute atomic E-state index is 0.379. The molecule has 0 aliphatic carbocycles. The summed E-state index contributed by atoms with van der Waals surface area (Å²) in [5, 5.41) is 4.74. The van der Waals surface area contributed by atoms with Gasteiger partial charge in [0.1, 0.15) is 0 Å². The minimum Gasteiger partial charge on any atom is -0.334 e. The molecule has 2 aromatic rings. The Hall–Kier alpha value is -1.10. The molecule has 6 heteroatoms. The number of nitrogens with two attached hydrogens (primary N) is 1. The van der Waals surface area contributed by atoms with Gasteiger partial charge in [-0.05, 0) is 25.1 Å². The second-order valence-corrected chi connectivity index (χ2v) is 4.29. The lowest BCUT2D eigenvalue weighted by atomic mass is 10.2. The SMILES string of the molecule is NCCCc1noc(-c2cccc(Cl)c2Cl)n1. The molecule has 0 amide bonds. The number of halogens is 2. The van der Waals surface area contributed by atoms with Gasteiger partial charge in [0.05, 0.1) is 15.6 Å². The molecule has 0 unspecified atom stereocenters. The van der Waals surface area contributed by atoms with Gasteiger partial charge in [0.2, 0.25) is 0 Å². The van der Waals surface area contributed by atoms with Crippen molar-refractivity contribution in [1.29, 1.82) is 0 Å². The summed E-state index contributed by atoms with van der Waals surface area (Å²) in [6.07, 6.45) is 1.51. The van der Waals surface area contributed by atoms with Crippen molar-refractivity contribution in [2.75, 3.05) is 6.54 Å². The summed E-state index contributed by atoms with van der Waals surface area (Å²) in [5.41, 5.74) is 6.06. The van der Waals surface area contributed by atoms with E-state index in [2.05, 4.69) is 10.1 Å². The quantitative estimate of drug-likeness (QED) is 0.929. The minimum atomic E-state index is 0.379. The summed E-state index contributed by atoms with van der Waals surface area (Å²) in [6.45, 7) is 0.599. The van der Waals surface area contributed by atoms with Crippen LogP contribution in [0, 0.1) is 0 Å². The van der Waals surface area contributed by atoms with Crippen LogP contribution in [0.3, 0.4) is 0 Å². The molecular weight excluding hydrogens is 261 g/mol. The molecule has 1 heterocycles. The highest BCUT2D eigenvalue weighted by atomic mass is 35.5. The molecule has 0 aliphatic heterocycles. The lowest BCUT2D eigenvalue weighted by Gasteiger charge is -1.99. The van der Waals surface area contributed by atoms with Gasteiger partial charge in [-0.15, -0.1) is 0 Å². The van der Waals surface area contributed by atoms with Gasteiger partial charge in [-0.3, -0.25) is 0 Å². The zero-order valence-corrected chi connectivity index (χ0v) is 10.5. The van der Waals surface area contributed by atoms with Crippen LogP contribution in [0.5, 0.6) is 0 Å². The van der Waals surface area contributed by atoms with Gasteiger partial charge in [0.25, 0.3) is 5.89 Å². The van der Waals surface area contributed by atoms with Crippen LogP contribution in [-0.2, 0) is 6.42 Å². The van der Waals surface area contributed by atoms with E-state index in [1.807, 2.05) is 0 Å². The van der Waals surface area contributed by atoms with E-state index in [4.69, 9.17) is 33.5 Å². The Bertz CT molecular complexity index is 513. The highest BCUT2D eigenvalue weighted by Crippen LogP contribution is 2.32. The Morgan fingerprint density at radius 3 is 2.88 bits per heavy atom. The van der Waals surface area contributed by atoms with Crippen LogP contribution in [0.2, 0.25) is 10.0 Å². The van der Waals surface area contributed by atoms with Crippen LogP contribution < -0.4 is 5.73 Å². The average molecular weight is 272 g/mol. The number of hydrogen-bond acceptors (Lipinski definition) is 4. The van der Waals surface area contributed by atoms with Gasteiger partial charge < -0.3 is 10.3 Å². The van der Waals surface area contributed by atoms with Crippen molar-refractivity contribution in [3.05, 3.63) is 34.1 Å². The Balaban J connectivity index is 2.27. The second-order valence-electron chi connectivity index (χ2n) is 3.51. The Morgan fingerprint density at radius 1 is 1.29 bits per heavy atom. The molecule has 2 rings (SSSR count). The summed E-state index contributed by atoms with van der Waals surface area (Å²) in [6, 6.07) is 5.28. The van der Waals surface area contributed by atoms with Crippen molar-refractivity contribution in [3.63, 3.8) is 0 Å². The molecule has 0 saturated carbocycles. The average Bonchev–Trinajstić information content (AvgIpc) is 2.78. The first kappa shape index (κ1) is 12.4. The lowest BCUT2D eigenvalue weighted by molar-refractivity contribution is 0.422. The molecule has 0 fully saturated rings. The van der Waals surface area contributed by atoms with E-state index in [-0.39, 0.29) is 0 Å². The molecule has 0 radical (unpaired) electrons. The first-order valence-corrected chi connectivity index (χ1v) is 5.95. The summed E-state index contributed by atoms with van der Waals surface area (Å²) >= 11 is 12.0. The summed E-state index contributed by atoms with van der Waals surface area (Å²) in [5.74, 6) is 1.01. The van der Waals surface area contributed by atoms with Gasteiger partial charge in [0, 0.05) is 6.42 Å². The van der Waals surface area contributed by atoms with Crippen LogP contribution in [0.1, 0.15) is 12.2 Å². The molecule has 90 valence electrons. The zero-order chi connectivity index (χ0) is 12.3. The summed E-state index contributed by atoms with van der Waals surface area (Å²) < 4.78 is 5.14. The van der Waals surface area contributed by atoms with Crippen LogP contribution in [-0.4, -0.2) is 16.7 Å². The molecule has 0 atom stereocenters. The third-order valence-corrected chi connectivity index (χ3v) is 3.07. The molecule has 0 aliphatic rings. The first-order chi connectivity index (χ1) is 8.22. The fourth-order valence-corrected chi connectivity index (χ4v) is 1.78.